The summed E-state index contributed by atoms with van der Waals surface area (Å²) in [4.78, 5) is 11.4. The third kappa shape index (κ3) is 3.00. The van der Waals surface area contributed by atoms with E-state index in [1.165, 1.54) is 0 Å². The van der Waals surface area contributed by atoms with Crippen molar-refractivity contribution in [3.05, 3.63) is 52.3 Å². The first-order valence-electron chi connectivity index (χ1n) is 6.19. The predicted octanol–water partition coefficient (Wildman–Crippen LogP) is 2.30. The first kappa shape index (κ1) is 14.6. The van der Waals surface area contributed by atoms with E-state index in [9.17, 15) is 9.90 Å². The van der Waals surface area contributed by atoms with Gasteiger partial charge in [-0.2, -0.15) is 5.10 Å². The highest BCUT2D eigenvalue weighted by Gasteiger charge is 2.20. The molecule has 20 heavy (non-hydrogen) atoms. The summed E-state index contributed by atoms with van der Waals surface area (Å²) in [7, 11) is 1.80. The Labute approximate surface area is 122 Å². The van der Waals surface area contributed by atoms with Gasteiger partial charge in [0.25, 0.3) is 0 Å². The predicted molar refractivity (Wildman–Crippen MR) is 76.6 cm³/mol. The fraction of sp³-hybridized carbons (Fsp3) is 0.286. The number of hydrogen-bond donors (Lipinski definition) is 2. The Hall–Kier alpha value is -1.85. The average Bonchev–Trinajstić information content (AvgIpc) is 2.67. The number of halogens is 1. The molecule has 1 heterocycles. The fourth-order valence-corrected chi connectivity index (χ4v) is 2.18. The Morgan fingerprint density at radius 3 is 2.60 bits per heavy atom. The van der Waals surface area contributed by atoms with Crippen LogP contribution in [0.3, 0.4) is 0 Å². The molecule has 1 aromatic heterocycles. The van der Waals surface area contributed by atoms with Gasteiger partial charge >= 0.3 is 5.97 Å². The van der Waals surface area contributed by atoms with Crippen LogP contribution < -0.4 is 5.32 Å². The summed E-state index contributed by atoms with van der Waals surface area (Å²) >= 11 is 6.15. The van der Waals surface area contributed by atoms with Crippen LogP contribution in [0.25, 0.3) is 0 Å². The molecule has 6 heteroatoms. The molecule has 1 atom stereocenters. The van der Waals surface area contributed by atoms with Crippen molar-refractivity contribution in [3.63, 3.8) is 0 Å². The van der Waals surface area contributed by atoms with Gasteiger partial charge in [0, 0.05) is 13.6 Å². The number of carboxylic acids is 1. The number of benzene rings is 1. The summed E-state index contributed by atoms with van der Waals surface area (Å²) in [5.74, 6) is -0.931. The first-order chi connectivity index (χ1) is 9.50. The second-order valence-corrected chi connectivity index (χ2v) is 4.91. The van der Waals surface area contributed by atoms with Crippen LogP contribution in [0.4, 0.5) is 0 Å². The zero-order valence-electron chi connectivity index (χ0n) is 11.3. The van der Waals surface area contributed by atoms with Crippen LogP contribution >= 0.6 is 11.6 Å². The van der Waals surface area contributed by atoms with Gasteiger partial charge < -0.3 is 5.11 Å². The minimum Gasteiger partial charge on any atom is -0.480 e. The normalized spacial score (nSPS) is 12.3. The highest BCUT2D eigenvalue weighted by Crippen LogP contribution is 2.20. The lowest BCUT2D eigenvalue weighted by Crippen LogP contribution is -2.28. The molecular weight excluding hydrogens is 278 g/mol. The standard InChI is InChI=1S/C14H16ClN3O2/c1-9-12(15)11(17-18(9)2)8-16-13(14(19)20)10-6-4-3-5-7-10/h3-7,13,16H,8H2,1-2H3,(H,19,20)/t13-/m0/s1. The molecule has 106 valence electrons. The number of aryl methyl sites for hydroxylation is 1. The molecule has 0 amide bonds. The maximum Gasteiger partial charge on any atom is 0.325 e. The summed E-state index contributed by atoms with van der Waals surface area (Å²) in [6, 6.07) is 8.24. The SMILES string of the molecule is Cc1c(Cl)c(CN[C@H](C(=O)O)c2ccccc2)nn1C. The lowest BCUT2D eigenvalue weighted by molar-refractivity contribution is -0.139. The maximum atomic E-state index is 11.4. The third-order valence-electron chi connectivity index (χ3n) is 3.18. The molecule has 0 radical (unpaired) electrons. The highest BCUT2D eigenvalue weighted by atomic mass is 35.5. The number of nitrogens with one attached hydrogen (secondary N) is 1. The zero-order chi connectivity index (χ0) is 14.7. The van der Waals surface area contributed by atoms with E-state index in [1.54, 1.807) is 23.9 Å². The largest absolute Gasteiger partial charge is 0.480 e. The number of carbonyl (C=O) groups is 1. The molecule has 2 N–H and O–H groups in total. The molecular formula is C14H16ClN3O2. The minimum absolute atomic E-state index is 0.298. The molecule has 0 unspecified atom stereocenters. The van der Waals surface area contributed by atoms with Crippen LogP contribution in [-0.4, -0.2) is 20.9 Å². The number of rotatable bonds is 5. The van der Waals surface area contributed by atoms with E-state index in [0.717, 1.165) is 5.69 Å². The van der Waals surface area contributed by atoms with Gasteiger partial charge in [-0.1, -0.05) is 41.9 Å². The number of aliphatic carboxylic acids is 1. The minimum atomic E-state index is -0.931. The number of hydrogen-bond acceptors (Lipinski definition) is 3. The second kappa shape index (κ2) is 6.07. The highest BCUT2D eigenvalue weighted by molar-refractivity contribution is 6.31. The lowest BCUT2D eigenvalue weighted by Gasteiger charge is -2.14. The lowest BCUT2D eigenvalue weighted by atomic mass is 10.1. The van der Waals surface area contributed by atoms with Crippen molar-refractivity contribution in [2.24, 2.45) is 7.05 Å². The van der Waals surface area contributed by atoms with Crippen molar-refractivity contribution >= 4 is 17.6 Å². The van der Waals surface area contributed by atoms with Crippen molar-refractivity contribution in [2.45, 2.75) is 19.5 Å². The summed E-state index contributed by atoms with van der Waals surface area (Å²) in [5, 5.41) is 17.1. The van der Waals surface area contributed by atoms with Gasteiger partial charge in [0.05, 0.1) is 16.4 Å². The van der Waals surface area contributed by atoms with Crippen molar-refractivity contribution in [1.29, 1.82) is 0 Å². The summed E-state index contributed by atoms with van der Waals surface area (Å²) in [5.41, 5.74) is 2.20. The van der Waals surface area contributed by atoms with Gasteiger partial charge in [-0.3, -0.25) is 14.8 Å². The summed E-state index contributed by atoms with van der Waals surface area (Å²) in [6.45, 7) is 2.16. The molecule has 1 aromatic carbocycles. The Kier molecular flexibility index (Phi) is 4.42. The Balaban J connectivity index is 2.14. The molecule has 0 aliphatic heterocycles. The van der Waals surface area contributed by atoms with Crippen LogP contribution in [0.5, 0.6) is 0 Å². The van der Waals surface area contributed by atoms with Gasteiger partial charge in [-0.05, 0) is 12.5 Å². The third-order valence-corrected chi connectivity index (χ3v) is 3.67. The molecule has 2 rings (SSSR count). The van der Waals surface area contributed by atoms with Crippen molar-refractivity contribution in [2.75, 3.05) is 0 Å². The van der Waals surface area contributed by atoms with Gasteiger partial charge in [0.2, 0.25) is 0 Å². The fourth-order valence-electron chi connectivity index (χ4n) is 1.96. The zero-order valence-corrected chi connectivity index (χ0v) is 12.1. The Morgan fingerprint density at radius 1 is 1.45 bits per heavy atom. The van der Waals surface area contributed by atoms with Crippen LogP contribution in [0.1, 0.15) is 23.0 Å². The average molecular weight is 294 g/mol. The second-order valence-electron chi connectivity index (χ2n) is 4.53. The van der Waals surface area contributed by atoms with E-state index in [1.807, 2.05) is 25.1 Å². The molecule has 0 spiro atoms. The number of nitrogens with zero attached hydrogens (tertiary/aromatic N) is 2. The van der Waals surface area contributed by atoms with Gasteiger partial charge in [0.15, 0.2) is 0 Å². The first-order valence-corrected chi connectivity index (χ1v) is 6.57. The van der Waals surface area contributed by atoms with E-state index >= 15 is 0 Å². The van der Waals surface area contributed by atoms with Gasteiger partial charge in [-0.25, -0.2) is 0 Å². The Bertz CT molecular complexity index is 610. The van der Waals surface area contributed by atoms with E-state index in [2.05, 4.69) is 10.4 Å². The van der Waals surface area contributed by atoms with E-state index in [4.69, 9.17) is 11.6 Å². The van der Waals surface area contributed by atoms with Crippen LogP contribution in [-0.2, 0) is 18.4 Å². The molecule has 0 saturated heterocycles. The molecule has 0 bridgehead atoms. The molecule has 5 nitrogen and oxygen atoms in total. The monoisotopic (exact) mass is 293 g/mol. The van der Waals surface area contributed by atoms with E-state index < -0.39 is 12.0 Å². The van der Waals surface area contributed by atoms with E-state index in [0.29, 0.717) is 22.8 Å². The quantitative estimate of drug-likeness (QED) is 0.888. The molecule has 0 fully saturated rings. The maximum absolute atomic E-state index is 11.4. The van der Waals surface area contributed by atoms with Gasteiger partial charge in [-0.15, -0.1) is 0 Å². The van der Waals surface area contributed by atoms with Crippen LogP contribution in [0.15, 0.2) is 30.3 Å². The smallest absolute Gasteiger partial charge is 0.325 e. The van der Waals surface area contributed by atoms with Crippen LogP contribution in [0, 0.1) is 6.92 Å². The van der Waals surface area contributed by atoms with Crippen molar-refractivity contribution in [1.82, 2.24) is 15.1 Å². The van der Waals surface area contributed by atoms with Crippen molar-refractivity contribution < 1.29 is 9.90 Å². The van der Waals surface area contributed by atoms with E-state index in [-0.39, 0.29) is 0 Å². The topological polar surface area (TPSA) is 67.2 Å². The van der Waals surface area contributed by atoms with Gasteiger partial charge in [0.1, 0.15) is 6.04 Å². The Morgan fingerprint density at radius 2 is 2.10 bits per heavy atom. The molecule has 0 saturated carbocycles. The number of aromatic nitrogens is 2. The number of carboxylic acid groups (broad SMARTS) is 1. The summed E-state index contributed by atoms with van der Waals surface area (Å²) in [6.07, 6.45) is 0. The van der Waals surface area contributed by atoms with Crippen molar-refractivity contribution in [3.8, 4) is 0 Å². The summed E-state index contributed by atoms with van der Waals surface area (Å²) < 4.78 is 1.68. The molecule has 2 aromatic rings. The molecule has 0 aliphatic rings. The molecule has 0 aliphatic carbocycles. The van der Waals surface area contributed by atoms with Crippen LogP contribution in [0.2, 0.25) is 5.02 Å².